The molecule has 4 nitrogen and oxygen atoms in total. The van der Waals surface area contributed by atoms with Crippen LogP contribution in [0, 0.1) is 5.82 Å². The maximum absolute atomic E-state index is 13.2. The molecule has 0 saturated carbocycles. The van der Waals surface area contributed by atoms with Gasteiger partial charge in [-0.3, -0.25) is 0 Å². The van der Waals surface area contributed by atoms with Crippen LogP contribution in [0.2, 0.25) is 0 Å². The Labute approximate surface area is 113 Å². The van der Waals surface area contributed by atoms with Crippen molar-refractivity contribution >= 4 is 10.0 Å². The van der Waals surface area contributed by atoms with Crippen LogP contribution in [0.15, 0.2) is 23.1 Å². The van der Waals surface area contributed by atoms with E-state index >= 15 is 0 Å². The largest absolute Gasteiger partial charge is 0.402 e. The molecule has 0 atom stereocenters. The molecule has 0 aliphatic heterocycles. The van der Waals surface area contributed by atoms with Gasteiger partial charge in [-0.15, -0.1) is 0 Å². The highest BCUT2D eigenvalue weighted by Crippen LogP contribution is 2.23. The highest BCUT2D eigenvalue weighted by Gasteiger charge is 2.36. The SMILES string of the molecule is CCN(CC(F)(F)F)S(=O)(=O)c1ccc(F)c(CO)c1. The fraction of sp³-hybridized carbons (Fsp3) is 0.455. The first kappa shape index (κ1) is 16.9. The van der Waals surface area contributed by atoms with Crippen LogP contribution in [-0.4, -0.2) is 37.1 Å². The second kappa shape index (κ2) is 6.06. The predicted molar refractivity (Wildman–Crippen MR) is 62.8 cm³/mol. The van der Waals surface area contributed by atoms with E-state index in [2.05, 4.69) is 0 Å². The van der Waals surface area contributed by atoms with Gasteiger partial charge in [-0.25, -0.2) is 12.8 Å². The summed E-state index contributed by atoms with van der Waals surface area (Å²) in [7, 11) is -4.40. The van der Waals surface area contributed by atoms with Gasteiger partial charge in [-0.05, 0) is 18.2 Å². The van der Waals surface area contributed by atoms with E-state index in [9.17, 15) is 26.0 Å². The Morgan fingerprint density at radius 3 is 2.35 bits per heavy atom. The molecule has 1 aromatic carbocycles. The Morgan fingerprint density at radius 1 is 1.30 bits per heavy atom. The van der Waals surface area contributed by atoms with Crippen LogP contribution in [0.25, 0.3) is 0 Å². The van der Waals surface area contributed by atoms with Crippen LogP contribution in [0.3, 0.4) is 0 Å². The molecule has 1 aromatic rings. The average molecular weight is 315 g/mol. The minimum atomic E-state index is -4.68. The third-order valence-corrected chi connectivity index (χ3v) is 4.45. The van der Waals surface area contributed by atoms with Crippen molar-refractivity contribution in [2.24, 2.45) is 0 Å². The Kier molecular flexibility index (Phi) is 5.11. The number of benzene rings is 1. The molecule has 1 N–H and O–H groups in total. The molecule has 0 aliphatic rings. The molecule has 0 unspecified atom stereocenters. The van der Waals surface area contributed by atoms with Gasteiger partial charge in [0.05, 0.1) is 11.5 Å². The second-order valence-corrected chi connectivity index (χ2v) is 5.90. The van der Waals surface area contributed by atoms with E-state index in [4.69, 9.17) is 5.11 Å². The van der Waals surface area contributed by atoms with Crippen LogP contribution in [-0.2, 0) is 16.6 Å². The van der Waals surface area contributed by atoms with Gasteiger partial charge in [-0.1, -0.05) is 6.92 Å². The molecule has 0 aromatic heterocycles. The summed E-state index contributed by atoms with van der Waals surface area (Å²) in [6.07, 6.45) is -4.68. The summed E-state index contributed by atoms with van der Waals surface area (Å²) < 4.78 is 74.5. The predicted octanol–water partition coefficient (Wildman–Crippen LogP) is 1.89. The third kappa shape index (κ3) is 3.90. The van der Waals surface area contributed by atoms with E-state index in [0.717, 1.165) is 18.2 Å². The zero-order valence-electron chi connectivity index (χ0n) is 10.5. The molecular formula is C11H13F4NO3S. The summed E-state index contributed by atoms with van der Waals surface area (Å²) in [6.45, 7) is -1.49. The van der Waals surface area contributed by atoms with Crippen LogP contribution in [0.5, 0.6) is 0 Å². The first-order valence-corrected chi connectivity index (χ1v) is 7.02. The van der Waals surface area contributed by atoms with E-state index < -0.39 is 40.1 Å². The molecule has 0 fully saturated rings. The number of sulfonamides is 1. The molecule has 114 valence electrons. The van der Waals surface area contributed by atoms with Crippen molar-refractivity contribution in [2.45, 2.75) is 24.6 Å². The first-order valence-electron chi connectivity index (χ1n) is 5.58. The molecule has 0 amide bonds. The summed E-state index contributed by atoms with van der Waals surface area (Å²) in [6, 6.07) is 2.48. The minimum Gasteiger partial charge on any atom is -0.392 e. The Bertz CT molecular complexity index is 572. The fourth-order valence-corrected chi connectivity index (χ4v) is 3.03. The lowest BCUT2D eigenvalue weighted by Gasteiger charge is -2.22. The van der Waals surface area contributed by atoms with Gasteiger partial charge in [0.15, 0.2) is 0 Å². The molecule has 0 aliphatic carbocycles. The molecule has 9 heteroatoms. The maximum Gasteiger partial charge on any atom is 0.402 e. The minimum absolute atomic E-state index is 0.237. The van der Waals surface area contributed by atoms with Gasteiger partial charge < -0.3 is 5.11 Å². The number of aliphatic hydroxyl groups excluding tert-OH is 1. The summed E-state index contributed by atoms with van der Waals surface area (Å²) in [5, 5.41) is 8.86. The van der Waals surface area contributed by atoms with Crippen LogP contribution in [0.1, 0.15) is 12.5 Å². The van der Waals surface area contributed by atoms with Crippen LogP contribution in [0.4, 0.5) is 17.6 Å². The zero-order chi connectivity index (χ0) is 15.6. The normalized spacial score (nSPS) is 12.9. The highest BCUT2D eigenvalue weighted by atomic mass is 32.2. The van der Waals surface area contributed by atoms with Gasteiger partial charge in [0.2, 0.25) is 10.0 Å². The van der Waals surface area contributed by atoms with Crippen molar-refractivity contribution in [2.75, 3.05) is 13.1 Å². The van der Waals surface area contributed by atoms with E-state index in [1.807, 2.05) is 0 Å². The molecule has 0 spiro atoms. The van der Waals surface area contributed by atoms with Crippen molar-refractivity contribution in [3.63, 3.8) is 0 Å². The fourth-order valence-electron chi connectivity index (χ4n) is 1.55. The van der Waals surface area contributed by atoms with E-state index in [1.54, 1.807) is 0 Å². The molecule has 0 saturated heterocycles. The Balaban J connectivity index is 3.20. The zero-order valence-corrected chi connectivity index (χ0v) is 11.3. The van der Waals surface area contributed by atoms with E-state index in [0.29, 0.717) is 0 Å². The van der Waals surface area contributed by atoms with Gasteiger partial charge in [0.1, 0.15) is 12.4 Å². The highest BCUT2D eigenvalue weighted by molar-refractivity contribution is 7.89. The number of halogens is 4. The van der Waals surface area contributed by atoms with Crippen molar-refractivity contribution in [3.05, 3.63) is 29.6 Å². The van der Waals surface area contributed by atoms with Crippen LogP contribution >= 0.6 is 0 Å². The van der Waals surface area contributed by atoms with E-state index in [-0.39, 0.29) is 16.4 Å². The van der Waals surface area contributed by atoms with Crippen molar-refractivity contribution in [1.82, 2.24) is 4.31 Å². The topological polar surface area (TPSA) is 57.6 Å². The summed E-state index contributed by atoms with van der Waals surface area (Å²) in [5.41, 5.74) is -0.297. The van der Waals surface area contributed by atoms with Gasteiger partial charge in [-0.2, -0.15) is 17.5 Å². The number of alkyl halides is 3. The molecule has 1 rings (SSSR count). The molecule has 0 bridgehead atoms. The monoisotopic (exact) mass is 315 g/mol. The number of rotatable bonds is 5. The maximum atomic E-state index is 13.2. The lowest BCUT2D eigenvalue weighted by molar-refractivity contribution is -0.135. The second-order valence-electron chi connectivity index (χ2n) is 3.96. The van der Waals surface area contributed by atoms with Gasteiger partial charge >= 0.3 is 6.18 Å². The first-order chi connectivity index (χ1) is 9.11. The standard InChI is InChI=1S/C11H13F4NO3S/c1-2-16(7-11(13,14)15)20(18,19)9-3-4-10(12)8(5-9)6-17/h3-5,17H,2,6-7H2,1H3. The quantitative estimate of drug-likeness (QED) is 0.844. The number of hydrogen-bond acceptors (Lipinski definition) is 3. The summed E-state index contributed by atoms with van der Waals surface area (Å²) in [4.78, 5) is -0.492. The van der Waals surface area contributed by atoms with E-state index in [1.165, 1.54) is 6.92 Å². The smallest absolute Gasteiger partial charge is 0.392 e. The molecule has 0 radical (unpaired) electrons. The molecular weight excluding hydrogens is 302 g/mol. The lowest BCUT2D eigenvalue weighted by Crippen LogP contribution is -2.38. The molecule has 0 heterocycles. The number of hydrogen-bond donors (Lipinski definition) is 1. The Hall–Kier alpha value is -1.19. The summed E-state index contributed by atoms with van der Waals surface area (Å²) >= 11 is 0. The summed E-state index contributed by atoms with van der Waals surface area (Å²) in [5.74, 6) is -0.828. The third-order valence-electron chi connectivity index (χ3n) is 2.53. The Morgan fingerprint density at radius 2 is 1.90 bits per heavy atom. The van der Waals surface area contributed by atoms with Crippen LogP contribution < -0.4 is 0 Å². The lowest BCUT2D eigenvalue weighted by atomic mass is 10.2. The average Bonchev–Trinajstić information content (AvgIpc) is 2.35. The number of nitrogens with zero attached hydrogens (tertiary/aromatic N) is 1. The van der Waals surface area contributed by atoms with Crippen molar-refractivity contribution in [1.29, 1.82) is 0 Å². The van der Waals surface area contributed by atoms with Crippen molar-refractivity contribution < 1.29 is 31.1 Å². The number of aliphatic hydroxyl groups is 1. The molecule has 20 heavy (non-hydrogen) atoms. The van der Waals surface area contributed by atoms with Gasteiger partial charge in [0.25, 0.3) is 0 Å². The van der Waals surface area contributed by atoms with Crippen molar-refractivity contribution in [3.8, 4) is 0 Å². The van der Waals surface area contributed by atoms with Gasteiger partial charge in [0, 0.05) is 12.1 Å².